The summed E-state index contributed by atoms with van der Waals surface area (Å²) in [4.78, 5) is 31.0. The molecule has 174 valence electrons. The van der Waals surface area contributed by atoms with E-state index < -0.39 is 5.25 Å². The standard InChI is InChI=1S/C23H27N5O3S2/c1-5-31-22(30)18-16-7-6-13(2)12-17(16)33-21(18)25-20(29)14(3)32-23-27-26-19(28(23)4)15-8-10-24-11-9-15/h8-11,13-14H,5-7,12H2,1-4H3,(H,25,29)/t13-,14-/m1/s1. The van der Waals surface area contributed by atoms with Crippen LogP contribution in [0.15, 0.2) is 29.7 Å². The van der Waals surface area contributed by atoms with Crippen LogP contribution < -0.4 is 5.32 Å². The average molecular weight is 486 g/mol. The number of aromatic nitrogens is 4. The van der Waals surface area contributed by atoms with Crippen LogP contribution in [0.1, 0.15) is 48.0 Å². The number of anilines is 1. The van der Waals surface area contributed by atoms with Gasteiger partial charge in [0.25, 0.3) is 0 Å². The second-order valence-corrected chi connectivity index (χ2v) is 10.5. The highest BCUT2D eigenvalue weighted by Crippen LogP contribution is 2.40. The van der Waals surface area contributed by atoms with Crippen molar-refractivity contribution in [1.82, 2.24) is 19.7 Å². The van der Waals surface area contributed by atoms with Crippen LogP contribution in [0.3, 0.4) is 0 Å². The number of carbonyl (C=O) groups is 2. The first-order valence-corrected chi connectivity index (χ1v) is 12.7. The first-order chi connectivity index (χ1) is 15.9. The van der Waals surface area contributed by atoms with E-state index >= 15 is 0 Å². The Balaban J connectivity index is 1.52. The van der Waals surface area contributed by atoms with Crippen LogP contribution in [0.2, 0.25) is 0 Å². The maximum Gasteiger partial charge on any atom is 0.341 e. The Labute approximate surface area is 201 Å². The van der Waals surface area contributed by atoms with Crippen molar-refractivity contribution in [3.05, 3.63) is 40.5 Å². The van der Waals surface area contributed by atoms with Crippen LogP contribution in [0.5, 0.6) is 0 Å². The first kappa shape index (κ1) is 23.4. The Morgan fingerprint density at radius 1 is 1.33 bits per heavy atom. The van der Waals surface area contributed by atoms with Gasteiger partial charge in [-0.25, -0.2) is 4.79 Å². The van der Waals surface area contributed by atoms with E-state index in [4.69, 9.17) is 4.74 Å². The van der Waals surface area contributed by atoms with Crippen molar-refractivity contribution in [3.63, 3.8) is 0 Å². The summed E-state index contributed by atoms with van der Waals surface area (Å²) in [6, 6.07) is 3.73. The number of hydrogen-bond donors (Lipinski definition) is 1. The number of hydrogen-bond acceptors (Lipinski definition) is 8. The molecule has 0 fully saturated rings. The quantitative estimate of drug-likeness (QED) is 0.392. The fourth-order valence-electron chi connectivity index (χ4n) is 3.85. The number of amides is 1. The lowest BCUT2D eigenvalue weighted by Gasteiger charge is -2.18. The lowest BCUT2D eigenvalue weighted by atomic mass is 9.88. The molecule has 1 aliphatic carbocycles. The third-order valence-corrected chi connectivity index (χ3v) is 7.96. The van der Waals surface area contributed by atoms with Crippen molar-refractivity contribution >= 4 is 40.0 Å². The molecule has 1 N–H and O–H groups in total. The van der Waals surface area contributed by atoms with Crippen molar-refractivity contribution in [3.8, 4) is 11.4 Å². The zero-order chi connectivity index (χ0) is 23.5. The number of ether oxygens (including phenoxy) is 1. The van der Waals surface area contributed by atoms with E-state index in [1.165, 1.54) is 28.0 Å². The van der Waals surface area contributed by atoms with Crippen molar-refractivity contribution in [2.45, 2.75) is 50.4 Å². The summed E-state index contributed by atoms with van der Waals surface area (Å²) >= 11 is 2.82. The molecule has 0 bridgehead atoms. The zero-order valence-corrected chi connectivity index (χ0v) is 20.8. The molecule has 0 spiro atoms. The molecule has 3 heterocycles. The molecule has 0 saturated carbocycles. The lowest BCUT2D eigenvalue weighted by molar-refractivity contribution is -0.115. The van der Waals surface area contributed by atoms with Gasteiger partial charge in [0, 0.05) is 29.9 Å². The summed E-state index contributed by atoms with van der Waals surface area (Å²) in [5.41, 5.74) is 2.46. The smallest absolute Gasteiger partial charge is 0.341 e. The second kappa shape index (κ2) is 10.0. The Hall–Kier alpha value is -2.72. The van der Waals surface area contributed by atoms with E-state index in [0.29, 0.717) is 34.1 Å². The Bertz CT molecular complexity index is 1160. The van der Waals surface area contributed by atoms with Crippen molar-refractivity contribution in [2.75, 3.05) is 11.9 Å². The monoisotopic (exact) mass is 485 g/mol. The summed E-state index contributed by atoms with van der Waals surface area (Å²) in [6.07, 6.45) is 6.19. The predicted octanol–water partition coefficient (Wildman–Crippen LogP) is 4.36. The molecular formula is C23H27N5O3S2. The average Bonchev–Trinajstić information content (AvgIpc) is 3.33. The van der Waals surface area contributed by atoms with Gasteiger partial charge in [-0.05, 0) is 56.7 Å². The number of rotatable bonds is 7. The molecule has 3 aromatic heterocycles. The Kier molecular flexibility index (Phi) is 7.14. The van der Waals surface area contributed by atoms with Crippen molar-refractivity contribution in [2.24, 2.45) is 13.0 Å². The molecular weight excluding hydrogens is 458 g/mol. The van der Waals surface area contributed by atoms with Gasteiger partial charge >= 0.3 is 5.97 Å². The van der Waals surface area contributed by atoms with Crippen LogP contribution in [-0.4, -0.2) is 43.5 Å². The van der Waals surface area contributed by atoms with Gasteiger partial charge < -0.3 is 14.6 Å². The molecule has 10 heteroatoms. The maximum absolute atomic E-state index is 13.1. The normalized spacial score (nSPS) is 16.2. The minimum absolute atomic E-state index is 0.189. The van der Waals surface area contributed by atoms with E-state index in [1.807, 2.05) is 30.7 Å². The third-order valence-electron chi connectivity index (χ3n) is 5.65. The van der Waals surface area contributed by atoms with Crippen LogP contribution in [-0.2, 0) is 29.4 Å². The topological polar surface area (TPSA) is 99.0 Å². The molecule has 0 saturated heterocycles. The molecule has 0 unspecified atom stereocenters. The number of thiophene rings is 1. The van der Waals surface area contributed by atoms with E-state index in [1.54, 1.807) is 19.3 Å². The summed E-state index contributed by atoms with van der Waals surface area (Å²) < 4.78 is 7.16. The number of esters is 1. The van der Waals surface area contributed by atoms with Crippen LogP contribution in [0, 0.1) is 5.92 Å². The van der Waals surface area contributed by atoms with Gasteiger partial charge in [-0.15, -0.1) is 21.5 Å². The number of fused-ring (bicyclic) bond motifs is 1. The molecule has 2 atom stereocenters. The fraction of sp³-hybridized carbons (Fsp3) is 0.435. The van der Waals surface area contributed by atoms with Crippen LogP contribution in [0.25, 0.3) is 11.4 Å². The van der Waals surface area contributed by atoms with Gasteiger partial charge in [-0.1, -0.05) is 18.7 Å². The van der Waals surface area contributed by atoms with E-state index in [-0.39, 0.29) is 11.9 Å². The van der Waals surface area contributed by atoms with Gasteiger partial charge in [0.15, 0.2) is 11.0 Å². The molecule has 4 rings (SSSR count). The van der Waals surface area contributed by atoms with E-state index in [2.05, 4.69) is 27.4 Å². The van der Waals surface area contributed by atoms with Gasteiger partial charge in [-0.2, -0.15) is 0 Å². The highest BCUT2D eigenvalue weighted by molar-refractivity contribution is 8.00. The number of pyridine rings is 1. The lowest BCUT2D eigenvalue weighted by Crippen LogP contribution is -2.24. The van der Waals surface area contributed by atoms with Crippen LogP contribution in [0.4, 0.5) is 5.00 Å². The summed E-state index contributed by atoms with van der Waals surface area (Å²) in [5, 5.41) is 12.3. The van der Waals surface area contributed by atoms with Gasteiger partial charge in [0.1, 0.15) is 5.00 Å². The zero-order valence-electron chi connectivity index (χ0n) is 19.1. The van der Waals surface area contributed by atoms with E-state index in [0.717, 1.165) is 30.4 Å². The van der Waals surface area contributed by atoms with Gasteiger partial charge in [-0.3, -0.25) is 9.78 Å². The number of nitrogens with one attached hydrogen (secondary N) is 1. The van der Waals surface area contributed by atoms with E-state index in [9.17, 15) is 9.59 Å². The minimum atomic E-state index is -0.439. The molecule has 0 radical (unpaired) electrons. The number of nitrogens with zero attached hydrogens (tertiary/aromatic N) is 4. The highest BCUT2D eigenvalue weighted by Gasteiger charge is 2.30. The third kappa shape index (κ3) is 4.96. The molecule has 33 heavy (non-hydrogen) atoms. The van der Waals surface area contributed by atoms with Gasteiger partial charge in [0.05, 0.1) is 17.4 Å². The molecule has 0 aromatic carbocycles. The summed E-state index contributed by atoms with van der Waals surface area (Å²) in [5.74, 6) is 0.716. The number of carbonyl (C=O) groups excluding carboxylic acids is 2. The van der Waals surface area contributed by atoms with Crippen molar-refractivity contribution in [1.29, 1.82) is 0 Å². The fourth-order valence-corrected chi connectivity index (χ4v) is 6.07. The minimum Gasteiger partial charge on any atom is -0.462 e. The SMILES string of the molecule is CCOC(=O)c1c(NC(=O)[C@@H](C)Sc2nnc(-c3ccncc3)n2C)sc2c1CC[C@@H](C)C2. The Morgan fingerprint density at radius 2 is 2.09 bits per heavy atom. The predicted molar refractivity (Wildman–Crippen MR) is 130 cm³/mol. The molecule has 3 aromatic rings. The molecule has 1 amide bonds. The van der Waals surface area contributed by atoms with Crippen LogP contribution >= 0.6 is 23.1 Å². The molecule has 1 aliphatic rings. The van der Waals surface area contributed by atoms with Gasteiger partial charge in [0.2, 0.25) is 5.91 Å². The van der Waals surface area contributed by atoms with Crippen molar-refractivity contribution < 1.29 is 14.3 Å². The molecule has 8 nitrogen and oxygen atoms in total. The summed E-state index contributed by atoms with van der Waals surface area (Å²) in [6.45, 7) is 6.12. The maximum atomic E-state index is 13.1. The largest absolute Gasteiger partial charge is 0.462 e. The highest BCUT2D eigenvalue weighted by atomic mass is 32.2. The first-order valence-electron chi connectivity index (χ1n) is 11.0. The Morgan fingerprint density at radius 3 is 2.82 bits per heavy atom. The molecule has 0 aliphatic heterocycles. The number of thioether (sulfide) groups is 1. The summed E-state index contributed by atoms with van der Waals surface area (Å²) in [7, 11) is 1.87. The second-order valence-electron chi connectivity index (χ2n) is 8.13.